The number of fused-ring (bicyclic) bond motifs is 3. The summed E-state index contributed by atoms with van der Waals surface area (Å²) in [6.45, 7) is 1.60. The van der Waals surface area contributed by atoms with Gasteiger partial charge in [-0.25, -0.2) is 0 Å². The zero-order valence-electron chi connectivity index (χ0n) is 21.8. The molecule has 0 spiro atoms. The first kappa shape index (κ1) is 24.9. The maximum absolute atomic E-state index is 13.9. The molecule has 6 rings (SSSR count). The van der Waals surface area contributed by atoms with Gasteiger partial charge in [0.25, 0.3) is 0 Å². The lowest BCUT2D eigenvalue weighted by molar-refractivity contribution is -0.123. The molecule has 2 amide bonds. The van der Waals surface area contributed by atoms with E-state index in [4.69, 9.17) is 9.47 Å². The maximum atomic E-state index is 13.9. The first-order valence-electron chi connectivity index (χ1n) is 12.8. The highest BCUT2D eigenvalue weighted by molar-refractivity contribution is 6.25. The van der Waals surface area contributed by atoms with Gasteiger partial charge in [0.05, 0.1) is 31.7 Å². The van der Waals surface area contributed by atoms with Crippen LogP contribution < -0.4 is 14.4 Å². The van der Waals surface area contributed by atoms with Gasteiger partial charge < -0.3 is 14.6 Å². The number of hydrogen-bond donors (Lipinski definition) is 1. The SMILES string of the molecule is COc1cc(O)c(C2C3=CCC4C(=O)N(c5ccccc5)C(=O)C4C3CC3=C2C(=O)C=C(C)C3=O)c(OC)c1. The molecule has 0 saturated carbocycles. The van der Waals surface area contributed by atoms with E-state index in [1.165, 1.54) is 31.3 Å². The van der Waals surface area contributed by atoms with E-state index in [1.54, 1.807) is 37.3 Å². The molecule has 2 aromatic carbocycles. The molecule has 198 valence electrons. The van der Waals surface area contributed by atoms with Crippen molar-refractivity contribution in [3.63, 3.8) is 0 Å². The van der Waals surface area contributed by atoms with E-state index >= 15 is 0 Å². The monoisotopic (exact) mass is 525 g/mol. The van der Waals surface area contributed by atoms with E-state index in [0.717, 1.165) is 5.57 Å². The molecule has 4 unspecified atom stereocenters. The highest BCUT2D eigenvalue weighted by Crippen LogP contribution is 2.58. The Bertz CT molecular complexity index is 1550. The molecule has 39 heavy (non-hydrogen) atoms. The third-order valence-electron chi connectivity index (χ3n) is 8.41. The Morgan fingerprint density at radius 2 is 1.69 bits per heavy atom. The van der Waals surface area contributed by atoms with Crippen LogP contribution in [0.1, 0.15) is 31.2 Å². The van der Waals surface area contributed by atoms with Crippen LogP contribution in [0, 0.1) is 17.8 Å². The summed E-state index contributed by atoms with van der Waals surface area (Å²) in [5.41, 5.74) is 2.49. The number of aromatic hydroxyl groups is 1. The number of phenolic OH excluding ortho intramolecular Hbond substituents is 1. The minimum Gasteiger partial charge on any atom is -0.507 e. The van der Waals surface area contributed by atoms with Crippen molar-refractivity contribution in [1.29, 1.82) is 0 Å². The van der Waals surface area contributed by atoms with Gasteiger partial charge in [0.2, 0.25) is 11.8 Å². The van der Waals surface area contributed by atoms with Gasteiger partial charge >= 0.3 is 0 Å². The average molecular weight is 526 g/mol. The van der Waals surface area contributed by atoms with Crippen molar-refractivity contribution in [1.82, 2.24) is 0 Å². The molecule has 1 heterocycles. The summed E-state index contributed by atoms with van der Waals surface area (Å²) in [6, 6.07) is 11.9. The molecule has 3 aliphatic carbocycles. The van der Waals surface area contributed by atoms with Gasteiger partial charge in [-0.3, -0.25) is 24.1 Å². The van der Waals surface area contributed by atoms with E-state index in [-0.39, 0.29) is 41.1 Å². The second kappa shape index (κ2) is 9.08. The number of carbonyl (C=O) groups is 4. The number of anilines is 1. The molecule has 8 heteroatoms. The number of allylic oxidation sites excluding steroid dienone is 6. The molecule has 4 aliphatic rings. The van der Waals surface area contributed by atoms with Crippen LogP contribution in [0.4, 0.5) is 5.69 Å². The van der Waals surface area contributed by atoms with Gasteiger partial charge in [0, 0.05) is 40.3 Å². The van der Waals surface area contributed by atoms with E-state index in [9.17, 15) is 24.3 Å². The summed E-state index contributed by atoms with van der Waals surface area (Å²) in [7, 11) is 2.92. The lowest BCUT2D eigenvalue weighted by Crippen LogP contribution is -2.40. The number of ketones is 2. The molecule has 8 nitrogen and oxygen atoms in total. The largest absolute Gasteiger partial charge is 0.507 e. The zero-order valence-corrected chi connectivity index (χ0v) is 21.8. The highest BCUT2D eigenvalue weighted by Gasteiger charge is 2.57. The Hall–Kier alpha value is -4.46. The van der Waals surface area contributed by atoms with Gasteiger partial charge in [-0.05, 0) is 43.9 Å². The molecule has 0 radical (unpaired) electrons. The lowest BCUT2D eigenvalue weighted by atomic mass is 9.59. The number of Topliss-reactive ketones (excluding diaryl/α,β-unsaturated/α-hetero) is 1. The number of imide groups is 1. The summed E-state index contributed by atoms with van der Waals surface area (Å²) < 4.78 is 10.9. The van der Waals surface area contributed by atoms with Crippen molar-refractivity contribution in [3.05, 3.63) is 82.5 Å². The Morgan fingerprint density at radius 1 is 0.949 bits per heavy atom. The van der Waals surface area contributed by atoms with Gasteiger partial charge in [-0.15, -0.1) is 0 Å². The van der Waals surface area contributed by atoms with Crippen LogP contribution in [0.25, 0.3) is 0 Å². The molecule has 0 bridgehead atoms. The van der Waals surface area contributed by atoms with Crippen LogP contribution in [-0.2, 0) is 19.2 Å². The fraction of sp³-hybridized carbons (Fsp3) is 0.290. The fourth-order valence-electron chi connectivity index (χ4n) is 6.71. The Balaban J connectivity index is 1.54. The third-order valence-corrected chi connectivity index (χ3v) is 8.41. The van der Waals surface area contributed by atoms with Crippen LogP contribution in [0.2, 0.25) is 0 Å². The molecule has 1 fully saturated rings. The van der Waals surface area contributed by atoms with Crippen LogP contribution in [0.15, 0.2) is 76.9 Å². The Labute approximate surface area is 225 Å². The van der Waals surface area contributed by atoms with E-state index in [2.05, 4.69) is 0 Å². The predicted molar refractivity (Wildman–Crippen MR) is 141 cm³/mol. The summed E-state index contributed by atoms with van der Waals surface area (Å²) >= 11 is 0. The summed E-state index contributed by atoms with van der Waals surface area (Å²) in [5.74, 6) is -3.27. The van der Waals surface area contributed by atoms with Crippen molar-refractivity contribution in [2.24, 2.45) is 17.8 Å². The molecule has 1 N–H and O–H groups in total. The van der Waals surface area contributed by atoms with Crippen molar-refractivity contribution in [2.75, 3.05) is 19.1 Å². The van der Waals surface area contributed by atoms with Crippen LogP contribution in [0.3, 0.4) is 0 Å². The number of rotatable bonds is 4. The number of para-hydroxylation sites is 1. The van der Waals surface area contributed by atoms with Crippen LogP contribution in [-0.4, -0.2) is 42.7 Å². The Morgan fingerprint density at radius 3 is 2.38 bits per heavy atom. The van der Waals surface area contributed by atoms with E-state index < -0.39 is 23.7 Å². The minimum atomic E-state index is -0.824. The molecular formula is C31H27NO7. The quantitative estimate of drug-likeness (QED) is 0.364. The van der Waals surface area contributed by atoms with Gasteiger partial charge in [-0.2, -0.15) is 0 Å². The van der Waals surface area contributed by atoms with Crippen molar-refractivity contribution in [2.45, 2.75) is 25.7 Å². The predicted octanol–water partition coefficient (Wildman–Crippen LogP) is 4.04. The number of methoxy groups -OCH3 is 2. The number of phenols is 1. The zero-order chi connectivity index (χ0) is 27.6. The molecule has 1 saturated heterocycles. The van der Waals surface area contributed by atoms with Crippen molar-refractivity contribution >= 4 is 29.1 Å². The standard InChI is InChI=1S/C31H27NO7/c1-15-11-22(33)26-21(29(15)35)14-20-18(27(26)28-23(34)12-17(38-2)13-24(28)39-3)9-10-19-25(20)31(37)32(30(19)36)16-7-5-4-6-8-16/h4-9,11-13,19-20,25,27,34H,10,14H2,1-3H3. The van der Waals surface area contributed by atoms with Crippen LogP contribution in [0.5, 0.6) is 17.2 Å². The number of amides is 2. The molecule has 4 atom stereocenters. The summed E-state index contributed by atoms with van der Waals surface area (Å²) in [5, 5.41) is 11.2. The first-order valence-corrected chi connectivity index (χ1v) is 12.8. The first-order chi connectivity index (χ1) is 18.8. The number of benzene rings is 2. The maximum Gasteiger partial charge on any atom is 0.238 e. The fourth-order valence-corrected chi connectivity index (χ4v) is 6.71. The number of hydrogen-bond acceptors (Lipinski definition) is 7. The number of nitrogens with zero attached hydrogens (tertiary/aromatic N) is 1. The smallest absolute Gasteiger partial charge is 0.238 e. The Kier molecular flexibility index (Phi) is 5.79. The van der Waals surface area contributed by atoms with E-state index in [0.29, 0.717) is 40.3 Å². The number of ether oxygens (including phenoxy) is 2. The summed E-state index contributed by atoms with van der Waals surface area (Å²) in [6.07, 6.45) is 3.70. The van der Waals surface area contributed by atoms with Crippen molar-refractivity contribution in [3.8, 4) is 17.2 Å². The number of carbonyl (C=O) groups excluding carboxylic acids is 4. The normalized spacial score (nSPS) is 26.1. The average Bonchev–Trinajstić information content (AvgIpc) is 3.20. The second-order valence-electron chi connectivity index (χ2n) is 10.3. The van der Waals surface area contributed by atoms with Crippen molar-refractivity contribution < 1.29 is 33.8 Å². The topological polar surface area (TPSA) is 110 Å². The minimum absolute atomic E-state index is 0.155. The molecule has 1 aliphatic heterocycles. The van der Waals surface area contributed by atoms with Crippen LogP contribution >= 0.6 is 0 Å². The lowest BCUT2D eigenvalue weighted by Gasteiger charge is -2.42. The molecule has 2 aromatic rings. The van der Waals surface area contributed by atoms with E-state index in [1.807, 2.05) is 12.1 Å². The second-order valence-corrected chi connectivity index (χ2v) is 10.3. The van der Waals surface area contributed by atoms with Gasteiger partial charge in [0.1, 0.15) is 17.2 Å². The highest BCUT2D eigenvalue weighted by atomic mass is 16.5. The summed E-state index contributed by atoms with van der Waals surface area (Å²) in [4.78, 5) is 55.6. The molecular weight excluding hydrogens is 498 g/mol. The van der Waals surface area contributed by atoms with Gasteiger partial charge in [0.15, 0.2) is 11.6 Å². The van der Waals surface area contributed by atoms with Gasteiger partial charge in [-0.1, -0.05) is 29.8 Å². The molecule has 0 aromatic heterocycles. The third kappa shape index (κ3) is 3.58.